The zero-order valence-corrected chi connectivity index (χ0v) is 21.9. The maximum absolute atomic E-state index is 13.4. The van der Waals surface area contributed by atoms with E-state index in [1.165, 1.54) is 26.2 Å². The molecule has 3 aromatic carbocycles. The summed E-state index contributed by atoms with van der Waals surface area (Å²) in [5.74, 6) is 0.0379. The molecule has 1 N–H and O–H groups in total. The van der Waals surface area contributed by atoms with Crippen molar-refractivity contribution < 1.29 is 33.6 Å². The standard InChI is InChI=1S/C30H31NO7/c1-5-38-22-13-11-20(12-14-22)27(32)25-26(21-17-23(35-2)29(37-4)24(18-21)36-3)31(30(34)28(25)33)16-15-19-9-7-6-8-10-19/h6-14,17-18,26,32H,5,15-16H2,1-4H3/b27-25+. The molecule has 198 valence electrons. The molecule has 1 aliphatic heterocycles. The van der Waals surface area contributed by atoms with Gasteiger partial charge in [0, 0.05) is 12.1 Å². The summed E-state index contributed by atoms with van der Waals surface area (Å²) >= 11 is 0. The number of hydrogen-bond donors (Lipinski definition) is 1. The molecule has 1 aliphatic rings. The first kappa shape index (κ1) is 26.6. The van der Waals surface area contributed by atoms with Gasteiger partial charge in [-0.2, -0.15) is 0 Å². The number of amides is 1. The van der Waals surface area contributed by atoms with E-state index in [0.717, 1.165) is 5.56 Å². The largest absolute Gasteiger partial charge is 0.507 e. The van der Waals surface area contributed by atoms with Gasteiger partial charge in [-0.1, -0.05) is 30.3 Å². The van der Waals surface area contributed by atoms with Crippen molar-refractivity contribution in [1.29, 1.82) is 0 Å². The third-order valence-electron chi connectivity index (χ3n) is 6.47. The van der Waals surface area contributed by atoms with Crippen molar-refractivity contribution in [2.45, 2.75) is 19.4 Å². The second-order valence-electron chi connectivity index (χ2n) is 8.64. The van der Waals surface area contributed by atoms with Crippen LogP contribution in [0.4, 0.5) is 0 Å². The molecule has 1 fully saturated rings. The van der Waals surface area contributed by atoms with Gasteiger partial charge in [-0.3, -0.25) is 9.59 Å². The number of benzene rings is 3. The van der Waals surface area contributed by atoms with E-state index in [1.54, 1.807) is 36.4 Å². The van der Waals surface area contributed by atoms with Crippen LogP contribution in [0.25, 0.3) is 5.76 Å². The van der Waals surface area contributed by atoms with Crippen LogP contribution in [0.5, 0.6) is 23.0 Å². The maximum Gasteiger partial charge on any atom is 0.295 e. The molecular formula is C30H31NO7. The summed E-state index contributed by atoms with van der Waals surface area (Å²) in [5, 5.41) is 11.4. The smallest absolute Gasteiger partial charge is 0.295 e. The lowest BCUT2D eigenvalue weighted by atomic mass is 9.94. The minimum atomic E-state index is -0.876. The number of aliphatic hydroxyl groups excluding tert-OH is 1. The van der Waals surface area contributed by atoms with Gasteiger partial charge < -0.3 is 29.0 Å². The normalized spacial score (nSPS) is 16.4. The fraction of sp³-hybridized carbons (Fsp3) is 0.267. The predicted molar refractivity (Wildman–Crippen MR) is 143 cm³/mol. The SMILES string of the molecule is CCOc1ccc(/C(O)=C2\C(=O)C(=O)N(CCc3ccccc3)C2c2cc(OC)c(OC)c(OC)c2)cc1. The van der Waals surface area contributed by atoms with Gasteiger partial charge in [-0.05, 0) is 60.9 Å². The van der Waals surface area contributed by atoms with Crippen LogP contribution in [-0.4, -0.2) is 56.2 Å². The average Bonchev–Trinajstić information content (AvgIpc) is 3.21. The van der Waals surface area contributed by atoms with Crippen molar-refractivity contribution in [3.05, 3.63) is 89.0 Å². The van der Waals surface area contributed by atoms with Crippen LogP contribution in [-0.2, 0) is 16.0 Å². The Labute approximate surface area is 222 Å². The molecule has 38 heavy (non-hydrogen) atoms. The topological polar surface area (TPSA) is 94.5 Å². The highest BCUT2D eigenvalue weighted by molar-refractivity contribution is 6.46. The van der Waals surface area contributed by atoms with Crippen LogP contribution in [0.15, 0.2) is 72.3 Å². The number of Topliss-reactive ketones (excluding diaryl/α,β-unsaturated/α-hetero) is 1. The first-order chi connectivity index (χ1) is 18.4. The molecule has 0 spiro atoms. The monoisotopic (exact) mass is 517 g/mol. The Hall–Kier alpha value is -4.46. The number of carbonyl (C=O) groups is 2. The van der Waals surface area contributed by atoms with Crippen LogP contribution in [0.1, 0.15) is 29.7 Å². The van der Waals surface area contributed by atoms with Crippen molar-refractivity contribution in [3.63, 3.8) is 0 Å². The van der Waals surface area contributed by atoms with Crippen molar-refractivity contribution >= 4 is 17.4 Å². The summed E-state index contributed by atoms with van der Waals surface area (Å²) in [6.07, 6.45) is 0.526. The first-order valence-corrected chi connectivity index (χ1v) is 12.3. The molecule has 0 radical (unpaired) electrons. The van der Waals surface area contributed by atoms with E-state index in [9.17, 15) is 14.7 Å². The van der Waals surface area contributed by atoms with Gasteiger partial charge in [0.1, 0.15) is 11.5 Å². The van der Waals surface area contributed by atoms with Gasteiger partial charge in [-0.15, -0.1) is 0 Å². The van der Waals surface area contributed by atoms with E-state index in [4.69, 9.17) is 18.9 Å². The van der Waals surface area contributed by atoms with Gasteiger partial charge in [-0.25, -0.2) is 0 Å². The Morgan fingerprint density at radius 1 is 0.895 bits per heavy atom. The van der Waals surface area contributed by atoms with Gasteiger partial charge in [0.2, 0.25) is 5.75 Å². The van der Waals surface area contributed by atoms with E-state index in [0.29, 0.717) is 47.2 Å². The molecule has 8 nitrogen and oxygen atoms in total. The second kappa shape index (κ2) is 11.7. The summed E-state index contributed by atoms with van der Waals surface area (Å²) < 4.78 is 22.0. The highest BCUT2D eigenvalue weighted by Gasteiger charge is 2.46. The number of methoxy groups -OCH3 is 3. The molecular weight excluding hydrogens is 486 g/mol. The molecule has 1 atom stereocenters. The number of nitrogens with zero attached hydrogens (tertiary/aromatic N) is 1. The molecule has 8 heteroatoms. The van der Waals surface area contributed by atoms with Crippen LogP contribution >= 0.6 is 0 Å². The molecule has 0 aromatic heterocycles. The molecule has 0 aliphatic carbocycles. The quantitative estimate of drug-likeness (QED) is 0.235. The van der Waals surface area contributed by atoms with Crippen LogP contribution in [0.2, 0.25) is 0 Å². The molecule has 0 bridgehead atoms. The van der Waals surface area contributed by atoms with Crippen molar-refractivity contribution in [2.24, 2.45) is 0 Å². The number of likely N-dealkylation sites (tertiary alicyclic amines) is 1. The second-order valence-corrected chi connectivity index (χ2v) is 8.64. The summed E-state index contributed by atoms with van der Waals surface area (Å²) in [6.45, 7) is 2.64. The minimum Gasteiger partial charge on any atom is -0.507 e. The number of ether oxygens (including phenoxy) is 4. The van der Waals surface area contributed by atoms with Crippen molar-refractivity contribution in [1.82, 2.24) is 4.90 Å². The van der Waals surface area contributed by atoms with Crippen molar-refractivity contribution in [3.8, 4) is 23.0 Å². The molecule has 3 aromatic rings. The Morgan fingerprint density at radius 3 is 2.08 bits per heavy atom. The summed E-state index contributed by atoms with van der Waals surface area (Å²) in [6, 6.07) is 18.9. The zero-order valence-electron chi connectivity index (χ0n) is 21.9. The van der Waals surface area contributed by atoms with E-state index in [1.807, 2.05) is 37.3 Å². The molecule has 0 saturated carbocycles. The number of rotatable bonds is 10. The minimum absolute atomic E-state index is 0.0125. The summed E-state index contributed by atoms with van der Waals surface area (Å²) in [5.41, 5.74) is 1.94. The van der Waals surface area contributed by atoms with Gasteiger partial charge in [0.15, 0.2) is 11.5 Å². The Bertz CT molecular complexity index is 1310. The van der Waals surface area contributed by atoms with Crippen LogP contribution < -0.4 is 18.9 Å². The zero-order chi connectivity index (χ0) is 27.2. The van der Waals surface area contributed by atoms with E-state index < -0.39 is 17.7 Å². The number of ketones is 1. The molecule has 1 saturated heterocycles. The fourth-order valence-electron chi connectivity index (χ4n) is 4.64. The van der Waals surface area contributed by atoms with Crippen molar-refractivity contribution in [2.75, 3.05) is 34.5 Å². The third kappa shape index (κ3) is 5.16. The predicted octanol–water partition coefficient (Wildman–Crippen LogP) is 4.78. The van der Waals surface area contributed by atoms with E-state index >= 15 is 0 Å². The molecule has 4 rings (SSSR count). The van der Waals surface area contributed by atoms with Crippen LogP contribution in [0, 0.1) is 0 Å². The Balaban J connectivity index is 1.85. The van der Waals surface area contributed by atoms with Crippen LogP contribution in [0.3, 0.4) is 0 Å². The number of carbonyl (C=O) groups excluding carboxylic acids is 2. The Kier molecular flexibility index (Phi) is 8.21. The lowest BCUT2D eigenvalue weighted by molar-refractivity contribution is -0.139. The third-order valence-corrected chi connectivity index (χ3v) is 6.47. The van der Waals surface area contributed by atoms with Gasteiger partial charge in [0.25, 0.3) is 11.7 Å². The van der Waals surface area contributed by atoms with Gasteiger partial charge in [0.05, 0.1) is 39.6 Å². The van der Waals surface area contributed by atoms with Gasteiger partial charge >= 0.3 is 0 Å². The summed E-state index contributed by atoms with van der Waals surface area (Å²) in [4.78, 5) is 28.2. The lowest BCUT2D eigenvalue weighted by Gasteiger charge is -2.26. The highest BCUT2D eigenvalue weighted by atomic mass is 16.5. The van der Waals surface area contributed by atoms with E-state index in [2.05, 4.69) is 0 Å². The highest BCUT2D eigenvalue weighted by Crippen LogP contribution is 2.45. The number of aliphatic hydroxyl groups is 1. The van der Waals surface area contributed by atoms with E-state index in [-0.39, 0.29) is 17.9 Å². The average molecular weight is 518 g/mol. The molecule has 1 heterocycles. The number of hydrogen-bond acceptors (Lipinski definition) is 7. The molecule has 1 amide bonds. The maximum atomic E-state index is 13.4. The first-order valence-electron chi connectivity index (χ1n) is 12.3. The Morgan fingerprint density at radius 2 is 1.53 bits per heavy atom. The molecule has 1 unspecified atom stereocenters. The lowest BCUT2D eigenvalue weighted by Crippen LogP contribution is -2.31. The fourth-order valence-corrected chi connectivity index (χ4v) is 4.64. The summed E-state index contributed by atoms with van der Waals surface area (Å²) in [7, 11) is 4.48.